The average molecular weight is 431 g/mol. The zero-order valence-corrected chi connectivity index (χ0v) is 17.4. The van der Waals surface area contributed by atoms with Crippen LogP contribution in [0.2, 0.25) is 0 Å². The van der Waals surface area contributed by atoms with Gasteiger partial charge in [0.05, 0.1) is 6.54 Å². The third kappa shape index (κ3) is 5.60. The Balaban J connectivity index is 1.54. The molecule has 0 unspecified atom stereocenters. The second kappa shape index (κ2) is 9.92. The minimum atomic E-state index is -0.411. The monoisotopic (exact) mass is 431 g/mol. The van der Waals surface area contributed by atoms with Gasteiger partial charge >= 0.3 is 6.03 Å². The van der Waals surface area contributed by atoms with Gasteiger partial charge in [0.25, 0.3) is 0 Å². The molecule has 0 bridgehead atoms. The minimum Gasteiger partial charge on any atom is -0.345 e. The van der Waals surface area contributed by atoms with E-state index in [1.807, 2.05) is 53.2 Å². The number of amides is 2. The maximum absolute atomic E-state index is 13.6. The zero-order valence-electron chi connectivity index (χ0n) is 17.4. The topological polar surface area (TPSA) is 37.3 Å². The molecule has 0 aliphatic heterocycles. The summed E-state index contributed by atoms with van der Waals surface area (Å²) in [4.78, 5) is 14.8. The Morgan fingerprint density at radius 3 is 2.31 bits per heavy atom. The maximum atomic E-state index is 13.6. The summed E-state index contributed by atoms with van der Waals surface area (Å²) in [5, 5.41) is 2.79. The van der Waals surface area contributed by atoms with Crippen molar-refractivity contribution in [3.63, 3.8) is 0 Å². The van der Waals surface area contributed by atoms with E-state index in [0.717, 1.165) is 16.8 Å². The number of urea groups is 1. The Labute approximate surface area is 185 Å². The van der Waals surface area contributed by atoms with Crippen LogP contribution in [0.25, 0.3) is 0 Å². The Bertz CT molecular complexity index is 1170. The lowest BCUT2D eigenvalue weighted by Gasteiger charge is -2.24. The van der Waals surface area contributed by atoms with Gasteiger partial charge in [0, 0.05) is 30.7 Å². The highest BCUT2D eigenvalue weighted by atomic mass is 19.1. The van der Waals surface area contributed by atoms with Crippen molar-refractivity contribution >= 4 is 11.7 Å². The number of hydrogen-bond donors (Lipinski definition) is 1. The Morgan fingerprint density at radius 1 is 0.781 bits per heavy atom. The van der Waals surface area contributed by atoms with Crippen molar-refractivity contribution in [1.82, 2.24) is 9.47 Å². The van der Waals surface area contributed by atoms with Gasteiger partial charge in [-0.3, -0.25) is 0 Å². The van der Waals surface area contributed by atoms with Crippen molar-refractivity contribution < 1.29 is 13.6 Å². The van der Waals surface area contributed by atoms with Crippen molar-refractivity contribution in [1.29, 1.82) is 0 Å². The van der Waals surface area contributed by atoms with Crippen LogP contribution in [0.15, 0.2) is 97.2 Å². The fourth-order valence-corrected chi connectivity index (χ4v) is 3.50. The number of nitrogens with zero attached hydrogens (tertiary/aromatic N) is 2. The second-order valence-electron chi connectivity index (χ2n) is 7.54. The number of anilines is 1. The van der Waals surface area contributed by atoms with Crippen LogP contribution in [0.1, 0.15) is 16.8 Å². The molecule has 4 rings (SSSR count). The lowest BCUT2D eigenvalue weighted by atomic mass is 10.2. The molecule has 2 amide bonds. The molecule has 0 spiro atoms. The van der Waals surface area contributed by atoms with Crippen molar-refractivity contribution in [3.8, 4) is 0 Å². The molecule has 4 aromatic rings. The molecule has 4 nitrogen and oxygen atoms in total. The number of carbonyl (C=O) groups excluding carboxylic acids is 1. The van der Waals surface area contributed by atoms with E-state index >= 15 is 0 Å². The third-order valence-electron chi connectivity index (χ3n) is 5.12. The van der Waals surface area contributed by atoms with Gasteiger partial charge in [0.1, 0.15) is 11.6 Å². The molecule has 0 aliphatic carbocycles. The van der Waals surface area contributed by atoms with E-state index in [9.17, 15) is 13.6 Å². The Kier molecular flexibility index (Phi) is 6.60. The summed E-state index contributed by atoms with van der Waals surface area (Å²) in [5.74, 6) is -0.685. The number of halogens is 2. The fraction of sp³-hybridized carbons (Fsp3) is 0.115. The van der Waals surface area contributed by atoms with Crippen LogP contribution >= 0.6 is 0 Å². The zero-order chi connectivity index (χ0) is 22.3. The van der Waals surface area contributed by atoms with Crippen LogP contribution in [0.3, 0.4) is 0 Å². The van der Waals surface area contributed by atoms with Crippen LogP contribution in [0, 0.1) is 11.6 Å². The summed E-state index contributed by atoms with van der Waals surface area (Å²) in [6.45, 7) is 1.31. The van der Waals surface area contributed by atoms with Crippen LogP contribution in [-0.4, -0.2) is 15.5 Å². The van der Waals surface area contributed by atoms with Crippen molar-refractivity contribution in [2.24, 2.45) is 0 Å². The largest absolute Gasteiger partial charge is 0.345 e. The minimum absolute atomic E-state index is 0.274. The first kappa shape index (κ1) is 21.3. The predicted octanol–water partition coefficient (Wildman–Crippen LogP) is 6.05. The lowest BCUT2D eigenvalue weighted by molar-refractivity contribution is 0.205. The SMILES string of the molecule is O=C(Nc1cccc(F)c1)N(Cc1ccccc1)Cc1cccn1Cc1ccc(F)cc1. The van der Waals surface area contributed by atoms with Gasteiger partial charge in [0.2, 0.25) is 0 Å². The highest BCUT2D eigenvalue weighted by Gasteiger charge is 2.17. The standard InChI is InChI=1S/C26H23F2N3O/c27-22-13-11-21(12-14-22)17-30-15-5-10-25(30)19-31(18-20-6-2-1-3-7-20)26(32)29-24-9-4-8-23(28)16-24/h1-16H,17-19H2,(H,29,32). The Morgan fingerprint density at radius 2 is 1.56 bits per heavy atom. The van der Waals surface area contributed by atoms with Gasteiger partial charge in [-0.25, -0.2) is 13.6 Å². The molecule has 6 heteroatoms. The van der Waals surface area contributed by atoms with Gasteiger partial charge in [-0.2, -0.15) is 0 Å². The first-order valence-electron chi connectivity index (χ1n) is 10.3. The normalized spacial score (nSPS) is 10.7. The molecule has 0 saturated carbocycles. The Hall–Kier alpha value is -3.93. The van der Waals surface area contributed by atoms with Gasteiger partial charge in [0.15, 0.2) is 0 Å². The molecular formula is C26H23F2N3O. The summed E-state index contributed by atoms with van der Waals surface area (Å²) in [7, 11) is 0. The van der Waals surface area contributed by atoms with Gasteiger partial charge in [-0.1, -0.05) is 48.5 Å². The summed E-state index contributed by atoms with van der Waals surface area (Å²) in [5.41, 5.74) is 3.27. The van der Waals surface area contributed by atoms with Gasteiger partial charge < -0.3 is 14.8 Å². The maximum Gasteiger partial charge on any atom is 0.322 e. The van der Waals surface area contributed by atoms with E-state index in [4.69, 9.17) is 0 Å². The van der Waals surface area contributed by atoms with Crippen LogP contribution in [0.5, 0.6) is 0 Å². The number of nitrogens with one attached hydrogen (secondary N) is 1. The fourth-order valence-electron chi connectivity index (χ4n) is 3.50. The molecule has 0 saturated heterocycles. The first-order chi connectivity index (χ1) is 15.6. The predicted molar refractivity (Wildman–Crippen MR) is 121 cm³/mol. The summed E-state index contributed by atoms with van der Waals surface area (Å²) in [6, 6.07) is 25.4. The first-order valence-corrected chi connectivity index (χ1v) is 10.3. The van der Waals surface area contributed by atoms with E-state index in [1.165, 1.54) is 24.3 Å². The smallest absolute Gasteiger partial charge is 0.322 e. The second-order valence-corrected chi connectivity index (χ2v) is 7.54. The summed E-state index contributed by atoms with van der Waals surface area (Å²) >= 11 is 0. The average Bonchev–Trinajstić information content (AvgIpc) is 3.22. The van der Waals surface area contributed by atoms with Gasteiger partial charge in [-0.05, 0) is 53.6 Å². The van der Waals surface area contributed by atoms with E-state index < -0.39 is 5.82 Å². The van der Waals surface area contributed by atoms with Crippen LogP contribution in [0.4, 0.5) is 19.3 Å². The van der Waals surface area contributed by atoms with E-state index in [0.29, 0.717) is 25.3 Å². The number of benzene rings is 3. The van der Waals surface area contributed by atoms with E-state index in [1.54, 1.807) is 29.2 Å². The van der Waals surface area contributed by atoms with Crippen LogP contribution < -0.4 is 5.32 Å². The van der Waals surface area contributed by atoms with Gasteiger partial charge in [-0.15, -0.1) is 0 Å². The molecule has 0 radical (unpaired) electrons. The summed E-state index contributed by atoms with van der Waals surface area (Å²) in [6.07, 6.45) is 1.93. The molecular weight excluding hydrogens is 408 g/mol. The molecule has 1 N–H and O–H groups in total. The number of hydrogen-bond acceptors (Lipinski definition) is 1. The van der Waals surface area contributed by atoms with Crippen LogP contribution in [-0.2, 0) is 19.6 Å². The molecule has 32 heavy (non-hydrogen) atoms. The van der Waals surface area contributed by atoms with Crippen molar-refractivity contribution in [2.75, 3.05) is 5.32 Å². The molecule has 1 aromatic heterocycles. The summed E-state index contributed by atoms with van der Waals surface area (Å²) < 4.78 is 28.8. The van der Waals surface area contributed by atoms with E-state index in [-0.39, 0.29) is 11.8 Å². The molecule has 0 aliphatic rings. The van der Waals surface area contributed by atoms with E-state index in [2.05, 4.69) is 5.32 Å². The molecule has 3 aromatic carbocycles. The third-order valence-corrected chi connectivity index (χ3v) is 5.12. The van der Waals surface area contributed by atoms with Crippen molar-refractivity contribution in [2.45, 2.75) is 19.6 Å². The molecule has 1 heterocycles. The van der Waals surface area contributed by atoms with Crippen molar-refractivity contribution in [3.05, 3.63) is 126 Å². The molecule has 0 fully saturated rings. The highest BCUT2D eigenvalue weighted by molar-refractivity contribution is 5.89. The highest BCUT2D eigenvalue weighted by Crippen LogP contribution is 2.16. The molecule has 0 atom stereocenters. The number of carbonyl (C=O) groups is 1. The molecule has 162 valence electrons. The number of rotatable bonds is 7. The number of aromatic nitrogens is 1. The lowest BCUT2D eigenvalue weighted by Crippen LogP contribution is -2.34. The quantitative estimate of drug-likeness (QED) is 0.380.